The third kappa shape index (κ3) is 8.15. The van der Waals surface area contributed by atoms with E-state index in [4.69, 9.17) is 18.9 Å². The first-order valence-electron chi connectivity index (χ1n) is 12.8. The van der Waals surface area contributed by atoms with Crippen molar-refractivity contribution in [2.45, 2.75) is 64.4 Å². The standard InChI is InChI=1S/C31H37NO5/c1-31(2,3)37-30(33)32-19-28(35-21-25-15-9-5-10-16-25)29(36-22-26-17-11-6-12-18-26)27(32)23-34-20-24-13-7-4-8-14-24/h4-18,27-29H,19-23H2,1-3H3/t27-,28-,29-/m1/s1. The zero-order chi connectivity index (χ0) is 26.1. The predicted molar refractivity (Wildman–Crippen MR) is 143 cm³/mol. The number of benzene rings is 3. The van der Waals surface area contributed by atoms with E-state index in [1.165, 1.54) is 0 Å². The molecule has 0 bridgehead atoms. The molecule has 196 valence electrons. The highest BCUT2D eigenvalue weighted by Gasteiger charge is 2.47. The number of hydrogen-bond donors (Lipinski definition) is 0. The van der Waals surface area contributed by atoms with Crippen molar-refractivity contribution < 1.29 is 23.7 Å². The van der Waals surface area contributed by atoms with Gasteiger partial charge < -0.3 is 18.9 Å². The average Bonchev–Trinajstić information content (AvgIpc) is 3.24. The number of likely N-dealkylation sites (tertiary alicyclic amines) is 1. The maximum absolute atomic E-state index is 13.3. The van der Waals surface area contributed by atoms with Gasteiger partial charge in [-0.15, -0.1) is 0 Å². The van der Waals surface area contributed by atoms with Crippen LogP contribution in [-0.2, 0) is 38.8 Å². The van der Waals surface area contributed by atoms with Gasteiger partial charge in [-0.3, -0.25) is 4.90 Å². The molecule has 1 fully saturated rings. The van der Waals surface area contributed by atoms with E-state index in [-0.39, 0.29) is 24.3 Å². The molecule has 0 radical (unpaired) electrons. The van der Waals surface area contributed by atoms with Crippen molar-refractivity contribution in [3.05, 3.63) is 108 Å². The second-order valence-electron chi connectivity index (χ2n) is 10.3. The van der Waals surface area contributed by atoms with Crippen LogP contribution in [0.5, 0.6) is 0 Å². The van der Waals surface area contributed by atoms with Gasteiger partial charge in [-0.05, 0) is 37.5 Å². The molecule has 6 heteroatoms. The molecule has 1 amide bonds. The Balaban J connectivity index is 1.53. The molecule has 4 rings (SSSR count). The number of ether oxygens (including phenoxy) is 4. The highest BCUT2D eigenvalue weighted by atomic mass is 16.6. The first-order valence-corrected chi connectivity index (χ1v) is 12.8. The zero-order valence-corrected chi connectivity index (χ0v) is 21.9. The Hall–Kier alpha value is -3.19. The Morgan fingerprint density at radius 2 is 1.24 bits per heavy atom. The van der Waals surface area contributed by atoms with Gasteiger partial charge in [-0.1, -0.05) is 91.0 Å². The topological polar surface area (TPSA) is 57.2 Å². The Kier molecular flexibility index (Phi) is 9.34. The molecule has 6 nitrogen and oxygen atoms in total. The summed E-state index contributed by atoms with van der Waals surface area (Å²) in [7, 11) is 0. The Morgan fingerprint density at radius 3 is 1.76 bits per heavy atom. The van der Waals surface area contributed by atoms with E-state index in [0.29, 0.717) is 33.0 Å². The van der Waals surface area contributed by atoms with E-state index in [2.05, 4.69) is 0 Å². The summed E-state index contributed by atoms with van der Waals surface area (Å²) in [6, 6.07) is 29.7. The van der Waals surface area contributed by atoms with Crippen LogP contribution in [0.25, 0.3) is 0 Å². The number of carbonyl (C=O) groups is 1. The molecule has 0 spiro atoms. The van der Waals surface area contributed by atoms with E-state index in [0.717, 1.165) is 16.7 Å². The fraction of sp³-hybridized carbons (Fsp3) is 0.387. The summed E-state index contributed by atoms with van der Waals surface area (Å²) >= 11 is 0. The molecule has 1 aliphatic heterocycles. The monoisotopic (exact) mass is 503 g/mol. The predicted octanol–water partition coefficient (Wildman–Crippen LogP) is 5.99. The minimum absolute atomic E-state index is 0.304. The lowest BCUT2D eigenvalue weighted by atomic mass is 10.1. The first-order chi connectivity index (χ1) is 17.9. The van der Waals surface area contributed by atoms with Crippen molar-refractivity contribution in [3.8, 4) is 0 Å². The first kappa shape index (κ1) is 26.9. The van der Waals surface area contributed by atoms with Crippen LogP contribution in [0.2, 0.25) is 0 Å². The fourth-order valence-corrected chi connectivity index (χ4v) is 4.36. The van der Waals surface area contributed by atoms with E-state index >= 15 is 0 Å². The van der Waals surface area contributed by atoms with Gasteiger partial charge in [0.05, 0.1) is 39.0 Å². The van der Waals surface area contributed by atoms with Gasteiger partial charge in [0, 0.05) is 0 Å². The lowest BCUT2D eigenvalue weighted by molar-refractivity contribution is -0.0819. The number of amides is 1. The SMILES string of the molecule is CC(C)(C)OC(=O)N1C[C@@H](OCc2ccccc2)[C@H](OCc2ccccc2)[C@H]1COCc1ccccc1. The second kappa shape index (κ2) is 12.9. The van der Waals surface area contributed by atoms with Crippen molar-refractivity contribution >= 4 is 6.09 Å². The van der Waals surface area contributed by atoms with E-state index in [9.17, 15) is 4.79 Å². The third-order valence-corrected chi connectivity index (χ3v) is 6.14. The highest BCUT2D eigenvalue weighted by molar-refractivity contribution is 5.69. The van der Waals surface area contributed by atoms with Gasteiger partial charge in [0.2, 0.25) is 0 Å². The Labute approximate surface area is 220 Å². The lowest BCUT2D eigenvalue weighted by Crippen LogP contribution is -2.46. The normalized spacial score (nSPS) is 19.6. The van der Waals surface area contributed by atoms with Gasteiger partial charge in [-0.2, -0.15) is 0 Å². The van der Waals surface area contributed by atoms with Gasteiger partial charge in [0.15, 0.2) is 0 Å². The van der Waals surface area contributed by atoms with Crippen molar-refractivity contribution in [1.29, 1.82) is 0 Å². The minimum atomic E-state index is -0.615. The Morgan fingerprint density at radius 1 is 0.757 bits per heavy atom. The molecule has 0 unspecified atom stereocenters. The summed E-state index contributed by atoms with van der Waals surface area (Å²) in [4.78, 5) is 15.0. The van der Waals surface area contributed by atoms with Crippen molar-refractivity contribution in [2.24, 2.45) is 0 Å². The summed E-state index contributed by atoms with van der Waals surface area (Å²) in [6.45, 7) is 7.56. The molecule has 3 aromatic carbocycles. The van der Waals surface area contributed by atoms with Crippen LogP contribution in [0.4, 0.5) is 4.79 Å². The summed E-state index contributed by atoms with van der Waals surface area (Å²) in [5, 5.41) is 0. The molecule has 0 aromatic heterocycles. The minimum Gasteiger partial charge on any atom is -0.444 e. The maximum Gasteiger partial charge on any atom is 0.410 e. The average molecular weight is 504 g/mol. The molecule has 1 heterocycles. The van der Waals surface area contributed by atoms with Gasteiger partial charge in [0.25, 0.3) is 0 Å². The molecular formula is C31H37NO5. The van der Waals surface area contributed by atoms with Crippen LogP contribution in [-0.4, -0.2) is 48.0 Å². The quantitative estimate of drug-likeness (QED) is 0.340. The zero-order valence-electron chi connectivity index (χ0n) is 21.9. The third-order valence-electron chi connectivity index (χ3n) is 6.14. The van der Waals surface area contributed by atoms with Gasteiger partial charge >= 0.3 is 6.09 Å². The fourth-order valence-electron chi connectivity index (χ4n) is 4.36. The largest absolute Gasteiger partial charge is 0.444 e. The van der Waals surface area contributed by atoms with Crippen LogP contribution in [0.15, 0.2) is 91.0 Å². The molecule has 0 N–H and O–H groups in total. The molecule has 3 aromatic rings. The number of rotatable bonds is 10. The lowest BCUT2D eigenvalue weighted by Gasteiger charge is -2.30. The van der Waals surface area contributed by atoms with E-state index in [1.807, 2.05) is 112 Å². The van der Waals surface area contributed by atoms with Gasteiger partial charge in [-0.25, -0.2) is 4.79 Å². The summed E-state index contributed by atoms with van der Waals surface area (Å²) in [6.07, 6.45) is -1.10. The highest BCUT2D eigenvalue weighted by Crippen LogP contribution is 2.28. The number of hydrogen-bond acceptors (Lipinski definition) is 5. The summed E-state index contributed by atoms with van der Waals surface area (Å²) < 4.78 is 24.7. The Bertz CT molecular complexity index is 1080. The van der Waals surface area contributed by atoms with Crippen LogP contribution < -0.4 is 0 Å². The maximum atomic E-state index is 13.3. The molecule has 37 heavy (non-hydrogen) atoms. The molecule has 0 aliphatic carbocycles. The summed E-state index contributed by atoms with van der Waals surface area (Å²) in [5.74, 6) is 0. The van der Waals surface area contributed by atoms with Crippen molar-refractivity contribution in [1.82, 2.24) is 4.90 Å². The smallest absolute Gasteiger partial charge is 0.410 e. The molecule has 1 aliphatic rings. The van der Waals surface area contributed by atoms with E-state index in [1.54, 1.807) is 4.90 Å². The molecular weight excluding hydrogens is 466 g/mol. The van der Waals surface area contributed by atoms with Crippen LogP contribution in [0.3, 0.4) is 0 Å². The van der Waals surface area contributed by atoms with Crippen molar-refractivity contribution in [3.63, 3.8) is 0 Å². The molecule has 0 saturated carbocycles. The van der Waals surface area contributed by atoms with Crippen LogP contribution in [0.1, 0.15) is 37.5 Å². The second-order valence-corrected chi connectivity index (χ2v) is 10.3. The van der Waals surface area contributed by atoms with Crippen LogP contribution >= 0.6 is 0 Å². The molecule has 1 saturated heterocycles. The van der Waals surface area contributed by atoms with E-state index < -0.39 is 5.60 Å². The van der Waals surface area contributed by atoms with Gasteiger partial charge in [0.1, 0.15) is 17.8 Å². The van der Waals surface area contributed by atoms with Crippen LogP contribution in [0, 0.1) is 0 Å². The number of nitrogens with zero attached hydrogens (tertiary/aromatic N) is 1. The van der Waals surface area contributed by atoms with Crippen molar-refractivity contribution in [2.75, 3.05) is 13.2 Å². The molecule has 3 atom stereocenters. The number of carbonyl (C=O) groups excluding carboxylic acids is 1. The summed E-state index contributed by atoms with van der Waals surface area (Å²) in [5.41, 5.74) is 2.58.